The van der Waals surface area contributed by atoms with Crippen LogP contribution in [0.1, 0.15) is 20.8 Å². The number of anilines is 3. The summed E-state index contributed by atoms with van der Waals surface area (Å²) in [5, 5.41) is 7.80. The number of nitrogens with zero attached hydrogens (tertiary/aromatic N) is 5. The van der Waals surface area contributed by atoms with E-state index in [2.05, 4.69) is 25.4 Å². The Bertz CT molecular complexity index is 765. The predicted octanol–water partition coefficient (Wildman–Crippen LogP) is 2.10. The van der Waals surface area contributed by atoms with Crippen LogP contribution in [0, 0.1) is 0 Å². The van der Waals surface area contributed by atoms with Gasteiger partial charge >= 0.3 is 0 Å². The minimum atomic E-state index is -0.169. The molecule has 0 unspecified atom stereocenters. The molecule has 24 heavy (non-hydrogen) atoms. The third kappa shape index (κ3) is 3.43. The number of aromatic nitrogens is 5. The van der Waals surface area contributed by atoms with Crippen LogP contribution >= 0.6 is 0 Å². The summed E-state index contributed by atoms with van der Waals surface area (Å²) >= 11 is 0. The largest absolute Gasteiger partial charge is 0.397 e. The number of hydrogen-bond donors (Lipinski definition) is 3. The molecule has 3 rings (SSSR count). The Kier molecular flexibility index (Phi) is 3.80. The quantitative estimate of drug-likeness (QED) is 0.674. The van der Waals surface area contributed by atoms with E-state index < -0.39 is 0 Å². The van der Waals surface area contributed by atoms with Crippen LogP contribution < -0.4 is 16.8 Å². The van der Waals surface area contributed by atoms with Gasteiger partial charge in [-0.1, -0.05) is 0 Å². The van der Waals surface area contributed by atoms with E-state index in [0.29, 0.717) is 29.0 Å². The highest BCUT2D eigenvalue weighted by Gasteiger charge is 2.18. The van der Waals surface area contributed by atoms with Crippen molar-refractivity contribution in [2.75, 3.05) is 16.8 Å². The molecule has 0 radical (unpaired) electrons. The van der Waals surface area contributed by atoms with Gasteiger partial charge in [-0.15, -0.1) is 5.10 Å². The van der Waals surface area contributed by atoms with Crippen LogP contribution in [-0.4, -0.2) is 30.3 Å². The monoisotopic (exact) mass is 324 g/mol. The summed E-state index contributed by atoms with van der Waals surface area (Å²) in [6.45, 7) is 6.12. The maximum Gasteiger partial charge on any atom is 0.243 e. The Hall–Kier alpha value is -3.16. The maximum absolute atomic E-state index is 5.72. The van der Waals surface area contributed by atoms with Gasteiger partial charge in [-0.25, -0.2) is 9.67 Å². The normalized spacial score (nSPS) is 11.5. The van der Waals surface area contributed by atoms with Crippen LogP contribution in [0.25, 0.3) is 17.2 Å². The van der Waals surface area contributed by atoms with Gasteiger partial charge in [0.25, 0.3) is 0 Å². The molecule has 0 aromatic carbocycles. The molecule has 0 atom stereocenters. The number of pyridine rings is 2. The highest BCUT2D eigenvalue weighted by molar-refractivity contribution is 5.57. The van der Waals surface area contributed by atoms with Crippen molar-refractivity contribution in [3.8, 4) is 17.2 Å². The van der Waals surface area contributed by atoms with Crippen molar-refractivity contribution in [1.82, 2.24) is 24.7 Å². The lowest BCUT2D eigenvalue weighted by atomic mass is 10.1. The molecule has 8 nitrogen and oxygen atoms in total. The van der Waals surface area contributed by atoms with Gasteiger partial charge in [0.1, 0.15) is 11.5 Å². The van der Waals surface area contributed by atoms with Crippen molar-refractivity contribution in [2.24, 2.45) is 0 Å². The molecule has 0 aliphatic carbocycles. The van der Waals surface area contributed by atoms with Crippen LogP contribution in [-0.2, 0) is 0 Å². The Balaban J connectivity index is 2.10. The van der Waals surface area contributed by atoms with Crippen molar-refractivity contribution >= 4 is 17.5 Å². The molecular formula is C16H20N8. The Morgan fingerprint density at radius 1 is 1.00 bits per heavy atom. The van der Waals surface area contributed by atoms with E-state index in [1.807, 2.05) is 26.8 Å². The first kappa shape index (κ1) is 15.7. The summed E-state index contributed by atoms with van der Waals surface area (Å²) in [5.74, 6) is 1.54. The van der Waals surface area contributed by atoms with Crippen LogP contribution in [0.15, 0.2) is 36.7 Å². The second kappa shape index (κ2) is 5.80. The molecule has 3 aromatic rings. The van der Waals surface area contributed by atoms with Crippen LogP contribution in [0.4, 0.5) is 17.5 Å². The van der Waals surface area contributed by atoms with E-state index in [4.69, 9.17) is 11.5 Å². The molecular weight excluding hydrogens is 304 g/mol. The number of nitrogens with one attached hydrogen (secondary N) is 1. The summed E-state index contributed by atoms with van der Waals surface area (Å²) in [6.07, 6.45) is 3.23. The summed E-state index contributed by atoms with van der Waals surface area (Å²) in [5.41, 5.74) is 13.2. The fourth-order valence-electron chi connectivity index (χ4n) is 2.11. The SMILES string of the molecule is CC(C)(C)Nc1nc(-c2ccc(N)cn2)n(-c2ccc(N)nc2)n1. The minimum absolute atomic E-state index is 0.169. The maximum atomic E-state index is 5.72. The van der Waals surface area contributed by atoms with Gasteiger partial charge in [0.2, 0.25) is 5.95 Å². The highest BCUT2D eigenvalue weighted by atomic mass is 15.4. The van der Waals surface area contributed by atoms with Crippen molar-refractivity contribution in [3.05, 3.63) is 36.7 Å². The zero-order chi connectivity index (χ0) is 17.3. The van der Waals surface area contributed by atoms with Crippen molar-refractivity contribution in [2.45, 2.75) is 26.3 Å². The first-order valence-corrected chi connectivity index (χ1v) is 7.51. The number of hydrogen-bond acceptors (Lipinski definition) is 7. The summed E-state index contributed by atoms with van der Waals surface area (Å²) in [6, 6.07) is 7.13. The Labute approximate surface area is 140 Å². The molecule has 0 spiro atoms. The molecule has 8 heteroatoms. The zero-order valence-corrected chi connectivity index (χ0v) is 13.9. The molecule has 0 amide bonds. The lowest BCUT2D eigenvalue weighted by Gasteiger charge is -2.18. The zero-order valence-electron chi connectivity index (χ0n) is 13.9. The third-order valence-corrected chi connectivity index (χ3v) is 3.12. The van der Waals surface area contributed by atoms with Gasteiger partial charge in [0.05, 0.1) is 23.8 Å². The molecule has 0 saturated heterocycles. The third-order valence-electron chi connectivity index (χ3n) is 3.12. The van der Waals surface area contributed by atoms with E-state index in [1.54, 1.807) is 35.3 Å². The van der Waals surface area contributed by atoms with Crippen LogP contribution in [0.3, 0.4) is 0 Å². The lowest BCUT2D eigenvalue weighted by molar-refractivity contribution is 0.625. The second-order valence-electron chi connectivity index (χ2n) is 6.46. The molecule has 3 heterocycles. The average Bonchev–Trinajstić information content (AvgIpc) is 2.90. The van der Waals surface area contributed by atoms with Gasteiger partial charge in [-0.2, -0.15) is 4.98 Å². The molecule has 0 bridgehead atoms. The second-order valence-corrected chi connectivity index (χ2v) is 6.46. The molecule has 5 N–H and O–H groups in total. The fraction of sp³-hybridized carbons (Fsp3) is 0.250. The van der Waals surface area contributed by atoms with Crippen molar-refractivity contribution in [1.29, 1.82) is 0 Å². The first-order chi connectivity index (χ1) is 11.3. The van der Waals surface area contributed by atoms with Crippen LogP contribution in [0.2, 0.25) is 0 Å². The average molecular weight is 324 g/mol. The molecule has 0 aliphatic heterocycles. The molecule has 0 aliphatic rings. The fourth-order valence-corrected chi connectivity index (χ4v) is 2.11. The van der Waals surface area contributed by atoms with Gasteiger partial charge in [0, 0.05) is 5.54 Å². The topological polar surface area (TPSA) is 121 Å². The first-order valence-electron chi connectivity index (χ1n) is 7.51. The highest BCUT2D eigenvalue weighted by Crippen LogP contribution is 2.23. The van der Waals surface area contributed by atoms with E-state index in [1.165, 1.54) is 0 Å². The minimum Gasteiger partial charge on any atom is -0.397 e. The van der Waals surface area contributed by atoms with Crippen molar-refractivity contribution in [3.63, 3.8) is 0 Å². The van der Waals surface area contributed by atoms with E-state index in [-0.39, 0.29) is 5.54 Å². The molecule has 0 fully saturated rings. The van der Waals surface area contributed by atoms with E-state index in [0.717, 1.165) is 5.69 Å². The number of rotatable bonds is 3. The molecule has 0 saturated carbocycles. The van der Waals surface area contributed by atoms with Crippen LogP contribution in [0.5, 0.6) is 0 Å². The van der Waals surface area contributed by atoms with Gasteiger partial charge < -0.3 is 16.8 Å². The van der Waals surface area contributed by atoms with E-state index >= 15 is 0 Å². The predicted molar refractivity (Wildman–Crippen MR) is 94.6 cm³/mol. The summed E-state index contributed by atoms with van der Waals surface area (Å²) < 4.78 is 1.68. The molecule has 3 aromatic heterocycles. The van der Waals surface area contributed by atoms with Gasteiger partial charge in [-0.05, 0) is 45.0 Å². The molecule has 124 valence electrons. The van der Waals surface area contributed by atoms with E-state index in [9.17, 15) is 0 Å². The summed E-state index contributed by atoms with van der Waals surface area (Å²) in [7, 11) is 0. The Morgan fingerprint density at radius 2 is 1.79 bits per heavy atom. The summed E-state index contributed by atoms with van der Waals surface area (Å²) in [4.78, 5) is 13.0. The van der Waals surface area contributed by atoms with Crippen molar-refractivity contribution < 1.29 is 0 Å². The van der Waals surface area contributed by atoms with Gasteiger partial charge in [-0.3, -0.25) is 4.98 Å². The number of nitrogens with two attached hydrogens (primary N) is 2. The van der Waals surface area contributed by atoms with Gasteiger partial charge in [0.15, 0.2) is 5.82 Å². The standard InChI is InChI=1S/C16H20N8/c1-16(2,3)22-15-21-14(12-6-4-10(17)8-19-12)24(23-15)11-5-7-13(18)20-9-11/h4-9H,17H2,1-3H3,(H2,18,20)(H,22,23). The number of nitrogen functional groups attached to an aromatic ring is 2. The Morgan fingerprint density at radius 3 is 2.38 bits per heavy atom. The lowest BCUT2D eigenvalue weighted by Crippen LogP contribution is -2.26. The smallest absolute Gasteiger partial charge is 0.243 e.